The Hall–Kier alpha value is -0.530. The van der Waals surface area contributed by atoms with Crippen LogP contribution in [-0.4, -0.2) is 5.97 Å². The number of hydrogen-bond donors (Lipinski definition) is 0. The molecule has 0 aromatic carbocycles. The summed E-state index contributed by atoms with van der Waals surface area (Å²) in [7, 11) is 3.17. The monoisotopic (exact) mass is 213 g/mol. The van der Waals surface area contributed by atoms with Crippen LogP contribution in [0.3, 0.4) is 0 Å². The van der Waals surface area contributed by atoms with Crippen LogP contribution in [0.4, 0.5) is 0 Å². The Morgan fingerprint density at radius 2 is 1.67 bits per heavy atom. The van der Waals surface area contributed by atoms with E-state index in [1.807, 2.05) is 13.8 Å². The highest BCUT2D eigenvalue weighted by atomic mass is 16.5. The molecule has 0 aromatic heterocycles. The van der Waals surface area contributed by atoms with Gasteiger partial charge in [0.05, 0.1) is 5.41 Å². The molecule has 0 N–H and O–H groups in total. The molecule has 0 saturated carbocycles. The normalized spacial score (nSPS) is 11.5. The van der Waals surface area contributed by atoms with Crippen molar-refractivity contribution in [2.45, 2.75) is 65.7 Å². The van der Waals surface area contributed by atoms with E-state index in [1.165, 1.54) is 32.1 Å². The highest BCUT2D eigenvalue weighted by Crippen LogP contribution is 2.25. The first kappa shape index (κ1) is 14.5. The molecule has 0 aliphatic heterocycles. The number of unbranched alkanes of at least 4 members (excludes halogenated alkanes) is 5. The Labute approximate surface area is 94.4 Å². The van der Waals surface area contributed by atoms with Crippen LogP contribution in [0.5, 0.6) is 0 Å². The summed E-state index contributed by atoms with van der Waals surface area (Å²) in [5, 5.41) is 0. The maximum Gasteiger partial charge on any atom is 0.311 e. The molecule has 0 aliphatic rings. The Kier molecular flexibility index (Phi) is 7.45. The van der Waals surface area contributed by atoms with Gasteiger partial charge in [0, 0.05) is 0 Å². The SMILES string of the molecule is [CH2]OC(=O)C(C)(C)CCCCCCCC. The van der Waals surface area contributed by atoms with Gasteiger partial charge in [0.25, 0.3) is 0 Å². The van der Waals surface area contributed by atoms with E-state index in [4.69, 9.17) is 0 Å². The molecule has 2 heteroatoms. The number of carbonyl (C=O) groups excluding carboxylic acids is 1. The van der Waals surface area contributed by atoms with Crippen molar-refractivity contribution in [1.29, 1.82) is 0 Å². The lowest BCUT2D eigenvalue weighted by Crippen LogP contribution is -2.24. The van der Waals surface area contributed by atoms with Gasteiger partial charge in [-0.2, -0.15) is 0 Å². The zero-order chi connectivity index (χ0) is 11.7. The standard InChI is InChI=1S/C13H25O2/c1-5-6-7-8-9-10-11-13(2,3)12(14)15-4/h4-11H2,1-3H3. The summed E-state index contributed by atoms with van der Waals surface area (Å²) in [5.74, 6) is -0.198. The van der Waals surface area contributed by atoms with Crippen molar-refractivity contribution in [1.82, 2.24) is 0 Å². The molecule has 0 rings (SSSR count). The van der Waals surface area contributed by atoms with Crippen molar-refractivity contribution in [2.24, 2.45) is 5.41 Å². The molecule has 0 unspecified atom stereocenters. The summed E-state index contributed by atoms with van der Waals surface area (Å²) in [6.45, 7) is 6.06. The molecule has 0 bridgehead atoms. The van der Waals surface area contributed by atoms with Gasteiger partial charge >= 0.3 is 5.97 Å². The van der Waals surface area contributed by atoms with E-state index in [-0.39, 0.29) is 11.4 Å². The van der Waals surface area contributed by atoms with Crippen LogP contribution < -0.4 is 0 Å². The first-order valence-corrected chi connectivity index (χ1v) is 6.01. The van der Waals surface area contributed by atoms with Gasteiger partial charge in [0.1, 0.15) is 7.11 Å². The van der Waals surface area contributed by atoms with Crippen molar-refractivity contribution >= 4 is 5.97 Å². The lowest BCUT2D eigenvalue weighted by Gasteiger charge is -2.20. The van der Waals surface area contributed by atoms with Crippen LogP contribution in [0.1, 0.15) is 65.7 Å². The molecule has 0 atom stereocenters. The molecule has 15 heavy (non-hydrogen) atoms. The van der Waals surface area contributed by atoms with E-state index in [0.717, 1.165) is 12.8 Å². The molecule has 0 amide bonds. The third kappa shape index (κ3) is 6.53. The second-order valence-electron chi connectivity index (χ2n) is 4.83. The van der Waals surface area contributed by atoms with Crippen LogP contribution in [0, 0.1) is 12.5 Å². The number of ether oxygens (including phenoxy) is 1. The van der Waals surface area contributed by atoms with E-state index in [0.29, 0.717) is 0 Å². The summed E-state index contributed by atoms with van der Waals surface area (Å²) >= 11 is 0. The Morgan fingerprint density at radius 3 is 2.20 bits per heavy atom. The second kappa shape index (κ2) is 7.72. The van der Waals surface area contributed by atoms with Crippen LogP contribution in [0.25, 0.3) is 0 Å². The number of esters is 1. The first-order valence-electron chi connectivity index (χ1n) is 6.01. The maximum absolute atomic E-state index is 11.3. The smallest absolute Gasteiger partial charge is 0.311 e. The minimum atomic E-state index is -0.369. The molecule has 0 fully saturated rings. The summed E-state index contributed by atoms with van der Waals surface area (Å²) in [4.78, 5) is 11.3. The number of carbonyl (C=O) groups is 1. The fraction of sp³-hybridized carbons (Fsp3) is 0.846. The molecule has 0 aromatic rings. The maximum atomic E-state index is 11.3. The molecule has 1 radical (unpaired) electrons. The van der Waals surface area contributed by atoms with Gasteiger partial charge in [0.15, 0.2) is 0 Å². The number of rotatable bonds is 8. The van der Waals surface area contributed by atoms with Gasteiger partial charge in [0.2, 0.25) is 0 Å². The van der Waals surface area contributed by atoms with Crippen molar-refractivity contribution in [3.05, 3.63) is 7.11 Å². The van der Waals surface area contributed by atoms with Gasteiger partial charge < -0.3 is 4.74 Å². The van der Waals surface area contributed by atoms with E-state index < -0.39 is 0 Å². The van der Waals surface area contributed by atoms with Crippen LogP contribution >= 0.6 is 0 Å². The van der Waals surface area contributed by atoms with Crippen LogP contribution in [0.15, 0.2) is 0 Å². The summed E-state index contributed by atoms with van der Waals surface area (Å²) in [6.07, 6.45) is 8.41. The van der Waals surface area contributed by atoms with Gasteiger partial charge in [-0.25, -0.2) is 0 Å². The average molecular weight is 213 g/mol. The van der Waals surface area contributed by atoms with E-state index >= 15 is 0 Å². The molecule has 0 saturated heterocycles. The first-order chi connectivity index (χ1) is 7.04. The second-order valence-corrected chi connectivity index (χ2v) is 4.83. The van der Waals surface area contributed by atoms with Gasteiger partial charge in [-0.05, 0) is 20.3 Å². The summed E-state index contributed by atoms with van der Waals surface area (Å²) in [5.41, 5.74) is -0.369. The topological polar surface area (TPSA) is 26.3 Å². The largest absolute Gasteiger partial charge is 0.462 e. The third-order valence-electron chi connectivity index (χ3n) is 2.84. The minimum absolute atomic E-state index is 0.198. The lowest BCUT2D eigenvalue weighted by atomic mass is 9.87. The van der Waals surface area contributed by atoms with Crippen molar-refractivity contribution in [3.8, 4) is 0 Å². The minimum Gasteiger partial charge on any atom is -0.462 e. The highest BCUT2D eigenvalue weighted by Gasteiger charge is 2.27. The Balaban J connectivity index is 3.53. The van der Waals surface area contributed by atoms with Crippen LogP contribution in [-0.2, 0) is 9.53 Å². The predicted octanol–water partition coefficient (Wildman–Crippen LogP) is 4.10. The Morgan fingerprint density at radius 1 is 1.13 bits per heavy atom. The zero-order valence-corrected chi connectivity index (χ0v) is 10.5. The summed E-state index contributed by atoms with van der Waals surface area (Å²) in [6, 6.07) is 0. The van der Waals surface area contributed by atoms with Crippen LogP contribution in [0.2, 0.25) is 0 Å². The molecule has 2 nitrogen and oxygen atoms in total. The lowest BCUT2D eigenvalue weighted by molar-refractivity contribution is -0.148. The van der Waals surface area contributed by atoms with E-state index in [2.05, 4.69) is 18.8 Å². The molecular weight excluding hydrogens is 188 g/mol. The number of hydrogen-bond acceptors (Lipinski definition) is 2. The summed E-state index contributed by atoms with van der Waals surface area (Å²) < 4.78 is 4.52. The van der Waals surface area contributed by atoms with E-state index in [9.17, 15) is 4.79 Å². The van der Waals surface area contributed by atoms with Crippen molar-refractivity contribution < 1.29 is 9.53 Å². The average Bonchev–Trinajstić information content (AvgIpc) is 2.22. The predicted molar refractivity (Wildman–Crippen MR) is 63.2 cm³/mol. The quantitative estimate of drug-likeness (QED) is 0.448. The van der Waals surface area contributed by atoms with E-state index in [1.54, 1.807) is 0 Å². The molecule has 0 aliphatic carbocycles. The molecule has 0 spiro atoms. The fourth-order valence-electron chi connectivity index (χ4n) is 1.64. The van der Waals surface area contributed by atoms with Crippen molar-refractivity contribution in [3.63, 3.8) is 0 Å². The van der Waals surface area contributed by atoms with Gasteiger partial charge in [-0.3, -0.25) is 4.79 Å². The zero-order valence-electron chi connectivity index (χ0n) is 10.5. The third-order valence-corrected chi connectivity index (χ3v) is 2.84. The van der Waals surface area contributed by atoms with Crippen molar-refractivity contribution in [2.75, 3.05) is 0 Å². The van der Waals surface area contributed by atoms with Gasteiger partial charge in [-0.15, -0.1) is 0 Å². The van der Waals surface area contributed by atoms with Gasteiger partial charge in [-0.1, -0.05) is 45.4 Å². The molecule has 89 valence electrons. The highest BCUT2D eigenvalue weighted by molar-refractivity contribution is 5.75. The fourth-order valence-corrected chi connectivity index (χ4v) is 1.64. The Bertz CT molecular complexity index is 173. The molecular formula is C13H25O2. The molecule has 0 heterocycles.